The number of carbonyl (C=O) groups excluding carboxylic acids is 2. The second-order valence-electron chi connectivity index (χ2n) is 8.30. The second-order valence-corrected chi connectivity index (χ2v) is 9.17. The normalized spacial score (nSPS) is 23.5. The van der Waals surface area contributed by atoms with Crippen LogP contribution in [0.4, 0.5) is 34.9 Å². The zero-order valence-corrected chi connectivity index (χ0v) is 19.5. The summed E-state index contributed by atoms with van der Waals surface area (Å²) in [4.78, 5) is 35.6. The number of nitrogens with one attached hydrogen (secondary N) is 1. The van der Waals surface area contributed by atoms with Crippen LogP contribution in [0.5, 0.6) is 0 Å². The minimum absolute atomic E-state index is 0.0709. The van der Waals surface area contributed by atoms with Crippen LogP contribution in [-0.2, 0) is 9.59 Å². The van der Waals surface area contributed by atoms with E-state index >= 15 is 0 Å². The molecule has 2 aliphatic heterocycles. The van der Waals surface area contributed by atoms with Gasteiger partial charge in [-0.2, -0.15) is 17.6 Å². The van der Waals surface area contributed by atoms with Crippen molar-refractivity contribution in [3.05, 3.63) is 40.4 Å². The standard InChI is InChI=1S/C21H20Cl2F4N6O2/c22-10-6-11(23)8-12(7-10)31-14-2-1-4-32(19(14)34)16-13(21(25,26)27)3-5-33(20(16)35)18-15(24)17(28)29-9-30-18/h6-9,13-14,16,31H,1-5H2,(H2,28,29,30)/t13?,14-,16?/m0/s1. The molecule has 2 aromatic rings. The molecule has 0 radical (unpaired) electrons. The Labute approximate surface area is 207 Å². The number of anilines is 3. The Morgan fingerprint density at radius 3 is 2.37 bits per heavy atom. The molecule has 14 heteroatoms. The predicted molar refractivity (Wildman–Crippen MR) is 122 cm³/mol. The average molecular weight is 535 g/mol. The number of rotatable bonds is 4. The van der Waals surface area contributed by atoms with Crippen LogP contribution in [0.15, 0.2) is 24.5 Å². The molecule has 3 atom stereocenters. The first-order chi connectivity index (χ1) is 16.5. The predicted octanol–water partition coefficient (Wildman–Crippen LogP) is 3.89. The van der Waals surface area contributed by atoms with Crippen LogP contribution in [0.1, 0.15) is 19.3 Å². The van der Waals surface area contributed by atoms with Crippen LogP contribution in [0.2, 0.25) is 10.0 Å². The molecule has 2 saturated heterocycles. The molecule has 1 aromatic heterocycles. The fourth-order valence-electron chi connectivity index (χ4n) is 4.48. The molecular formula is C21H20Cl2F4N6O2. The topological polar surface area (TPSA) is 104 Å². The van der Waals surface area contributed by atoms with Crippen LogP contribution in [-0.4, -0.2) is 58.0 Å². The third kappa shape index (κ3) is 5.08. The van der Waals surface area contributed by atoms with Gasteiger partial charge in [0.05, 0.1) is 5.92 Å². The number of piperidine rings is 2. The summed E-state index contributed by atoms with van der Waals surface area (Å²) in [6, 6.07) is 1.73. The monoisotopic (exact) mass is 534 g/mol. The van der Waals surface area contributed by atoms with Crippen molar-refractivity contribution in [2.45, 2.75) is 37.5 Å². The third-order valence-electron chi connectivity index (χ3n) is 6.05. The lowest BCUT2D eigenvalue weighted by atomic mass is 9.87. The van der Waals surface area contributed by atoms with Gasteiger partial charge in [-0.05, 0) is 37.5 Å². The minimum atomic E-state index is -4.77. The van der Waals surface area contributed by atoms with Crippen molar-refractivity contribution in [3.63, 3.8) is 0 Å². The largest absolute Gasteiger partial charge is 0.394 e. The average Bonchev–Trinajstić information content (AvgIpc) is 2.76. The van der Waals surface area contributed by atoms with Crippen molar-refractivity contribution in [1.82, 2.24) is 14.9 Å². The summed E-state index contributed by atoms with van der Waals surface area (Å²) in [5, 5.41) is 3.56. The highest BCUT2D eigenvalue weighted by atomic mass is 35.5. The van der Waals surface area contributed by atoms with Crippen LogP contribution >= 0.6 is 23.2 Å². The summed E-state index contributed by atoms with van der Waals surface area (Å²) in [7, 11) is 0. The number of aromatic nitrogens is 2. The third-order valence-corrected chi connectivity index (χ3v) is 6.49. The van der Waals surface area contributed by atoms with E-state index in [1.807, 2.05) is 0 Å². The molecule has 0 aliphatic carbocycles. The molecule has 35 heavy (non-hydrogen) atoms. The summed E-state index contributed by atoms with van der Waals surface area (Å²) in [5.74, 6) is -6.10. The summed E-state index contributed by atoms with van der Waals surface area (Å²) >= 11 is 12.0. The second kappa shape index (κ2) is 9.65. The van der Waals surface area contributed by atoms with E-state index < -0.39 is 66.4 Å². The fraction of sp³-hybridized carbons (Fsp3) is 0.429. The van der Waals surface area contributed by atoms with Crippen molar-refractivity contribution in [2.24, 2.45) is 5.92 Å². The number of nitrogens with two attached hydrogens (primary N) is 1. The van der Waals surface area contributed by atoms with E-state index in [1.165, 1.54) is 18.2 Å². The maximum absolute atomic E-state index is 14.5. The Balaban J connectivity index is 1.65. The van der Waals surface area contributed by atoms with E-state index in [4.69, 9.17) is 28.9 Å². The summed E-state index contributed by atoms with van der Waals surface area (Å²) in [6.45, 7) is -0.518. The number of hydrogen-bond acceptors (Lipinski definition) is 6. The lowest BCUT2D eigenvalue weighted by molar-refractivity contribution is -0.200. The first-order valence-corrected chi connectivity index (χ1v) is 11.4. The van der Waals surface area contributed by atoms with E-state index in [-0.39, 0.29) is 6.54 Å². The van der Waals surface area contributed by atoms with Gasteiger partial charge in [0, 0.05) is 28.8 Å². The SMILES string of the molecule is Nc1ncnc(N2CCC(C(F)(F)F)C(N3CCC[C@H](Nc4cc(Cl)cc(Cl)c4)C3=O)C2=O)c1F. The maximum Gasteiger partial charge on any atom is 0.394 e. The Hall–Kier alpha value is -2.86. The summed E-state index contributed by atoms with van der Waals surface area (Å²) < 4.78 is 56.5. The van der Waals surface area contributed by atoms with Crippen molar-refractivity contribution in [1.29, 1.82) is 0 Å². The molecule has 4 rings (SSSR count). The molecule has 0 saturated carbocycles. The van der Waals surface area contributed by atoms with Gasteiger partial charge >= 0.3 is 6.18 Å². The van der Waals surface area contributed by atoms with E-state index in [2.05, 4.69) is 15.3 Å². The molecule has 3 heterocycles. The molecule has 3 N–H and O–H groups in total. The van der Waals surface area contributed by atoms with Gasteiger partial charge in [0.2, 0.25) is 11.7 Å². The van der Waals surface area contributed by atoms with Crippen molar-refractivity contribution in [3.8, 4) is 0 Å². The quantitative estimate of drug-likeness (QED) is 0.576. The van der Waals surface area contributed by atoms with E-state index in [1.54, 1.807) is 0 Å². The first kappa shape index (κ1) is 25.2. The van der Waals surface area contributed by atoms with Gasteiger partial charge in [-0.15, -0.1) is 0 Å². The highest BCUT2D eigenvalue weighted by Gasteiger charge is 2.55. The Bertz CT molecular complexity index is 1130. The lowest BCUT2D eigenvalue weighted by Gasteiger charge is -2.45. The van der Waals surface area contributed by atoms with Crippen molar-refractivity contribution in [2.75, 3.05) is 29.0 Å². The summed E-state index contributed by atoms with van der Waals surface area (Å²) in [5.41, 5.74) is 5.85. The molecular weight excluding hydrogens is 515 g/mol. The van der Waals surface area contributed by atoms with Crippen LogP contribution < -0.4 is 16.0 Å². The number of nitrogens with zero attached hydrogens (tertiary/aromatic N) is 4. The molecule has 2 amide bonds. The van der Waals surface area contributed by atoms with Gasteiger partial charge < -0.3 is 16.0 Å². The van der Waals surface area contributed by atoms with Crippen molar-refractivity contribution >= 4 is 52.3 Å². The Morgan fingerprint density at radius 2 is 1.71 bits per heavy atom. The number of nitrogen functional groups attached to an aromatic ring is 1. The lowest BCUT2D eigenvalue weighted by Crippen LogP contribution is -2.64. The number of amides is 2. The molecule has 8 nitrogen and oxygen atoms in total. The molecule has 188 valence electrons. The van der Waals surface area contributed by atoms with Crippen LogP contribution in [0.25, 0.3) is 0 Å². The Morgan fingerprint density at radius 1 is 1.03 bits per heavy atom. The minimum Gasteiger partial charge on any atom is -0.381 e. The molecule has 0 bridgehead atoms. The first-order valence-electron chi connectivity index (χ1n) is 10.6. The molecule has 0 spiro atoms. The highest BCUT2D eigenvalue weighted by molar-refractivity contribution is 6.35. The zero-order chi connectivity index (χ0) is 25.5. The van der Waals surface area contributed by atoms with E-state index in [0.717, 1.165) is 16.1 Å². The smallest absolute Gasteiger partial charge is 0.381 e. The Kier molecular flexibility index (Phi) is 6.96. The van der Waals surface area contributed by atoms with Gasteiger partial charge in [-0.25, -0.2) is 9.97 Å². The number of carbonyl (C=O) groups is 2. The van der Waals surface area contributed by atoms with Gasteiger partial charge in [0.25, 0.3) is 5.91 Å². The van der Waals surface area contributed by atoms with Crippen LogP contribution in [0.3, 0.4) is 0 Å². The van der Waals surface area contributed by atoms with Gasteiger partial charge in [0.1, 0.15) is 18.4 Å². The fourth-order valence-corrected chi connectivity index (χ4v) is 5.01. The van der Waals surface area contributed by atoms with Crippen molar-refractivity contribution < 1.29 is 27.2 Å². The van der Waals surface area contributed by atoms with Gasteiger partial charge in [0.15, 0.2) is 11.6 Å². The van der Waals surface area contributed by atoms with Crippen LogP contribution in [0, 0.1) is 11.7 Å². The molecule has 2 aliphatic rings. The number of halogens is 6. The number of alkyl halides is 3. The highest BCUT2D eigenvalue weighted by Crippen LogP contribution is 2.40. The molecule has 1 aromatic carbocycles. The zero-order valence-electron chi connectivity index (χ0n) is 18.0. The van der Waals surface area contributed by atoms with Gasteiger partial charge in [-0.1, -0.05) is 23.2 Å². The maximum atomic E-state index is 14.5. The van der Waals surface area contributed by atoms with Gasteiger partial charge in [-0.3, -0.25) is 14.5 Å². The van der Waals surface area contributed by atoms with E-state index in [9.17, 15) is 27.2 Å². The number of likely N-dealkylation sites (tertiary alicyclic amines) is 1. The van der Waals surface area contributed by atoms with E-state index in [0.29, 0.717) is 28.6 Å². The molecule has 2 unspecified atom stereocenters. The molecule has 2 fully saturated rings. The summed E-state index contributed by atoms with van der Waals surface area (Å²) in [6.07, 6.45) is -3.75. The number of benzene rings is 1. The number of hydrogen-bond donors (Lipinski definition) is 2.